The van der Waals surface area contributed by atoms with Crippen molar-refractivity contribution in [3.63, 3.8) is 0 Å². The van der Waals surface area contributed by atoms with E-state index in [1.807, 2.05) is 6.21 Å². The fraction of sp³-hybridized carbons (Fsp3) is 0.650. The molecule has 3 aliphatic rings. The van der Waals surface area contributed by atoms with Gasteiger partial charge in [-0.15, -0.1) is 0 Å². The molecule has 2 unspecified atom stereocenters. The lowest BCUT2D eigenvalue weighted by Gasteiger charge is -2.48. The van der Waals surface area contributed by atoms with Crippen molar-refractivity contribution < 1.29 is 14.2 Å². The van der Waals surface area contributed by atoms with Gasteiger partial charge in [0, 0.05) is 49.9 Å². The van der Waals surface area contributed by atoms with Crippen molar-refractivity contribution in [3.05, 3.63) is 35.5 Å². The Morgan fingerprint density at radius 2 is 2.23 bits per heavy atom. The molecule has 26 heavy (non-hydrogen) atoms. The molecule has 1 N–H and O–H groups in total. The Morgan fingerprint density at radius 3 is 2.88 bits per heavy atom. The van der Waals surface area contributed by atoms with Crippen LogP contribution in [0.5, 0.6) is 0 Å². The lowest BCUT2D eigenvalue weighted by molar-refractivity contribution is -0.0622. The zero-order valence-electron chi connectivity index (χ0n) is 15.8. The largest absolute Gasteiger partial charge is 0.385 e. The molecule has 0 aromatic carbocycles. The van der Waals surface area contributed by atoms with Gasteiger partial charge in [0.2, 0.25) is 0 Å². The minimum atomic E-state index is -0.800. The Hall–Kier alpha value is -0.370. The van der Waals surface area contributed by atoms with E-state index in [2.05, 4.69) is 49.6 Å². The van der Waals surface area contributed by atoms with E-state index in [1.54, 1.807) is 7.05 Å². The van der Waals surface area contributed by atoms with Crippen molar-refractivity contribution in [2.24, 2.45) is 16.3 Å². The number of allylic oxidation sites excluding steroid dienone is 2. The van der Waals surface area contributed by atoms with Gasteiger partial charge in [-0.3, -0.25) is 4.99 Å². The molecule has 3 rings (SSSR count). The first-order chi connectivity index (χ1) is 12.4. The summed E-state index contributed by atoms with van der Waals surface area (Å²) < 4.78 is 11.1. The Labute approximate surface area is 161 Å². The molecular formula is C20H31NO3P2. The molecule has 0 aromatic rings. The third-order valence-corrected chi connectivity index (χ3v) is 7.43. The Kier molecular flexibility index (Phi) is 6.22. The Balaban J connectivity index is 1.95. The van der Waals surface area contributed by atoms with E-state index in [-0.39, 0.29) is 23.5 Å². The average Bonchev–Trinajstić information content (AvgIpc) is 2.92. The molecule has 1 fully saturated rings. The quantitative estimate of drug-likeness (QED) is 0.561. The highest BCUT2D eigenvalue weighted by molar-refractivity contribution is 7.10. The molecule has 0 bridgehead atoms. The van der Waals surface area contributed by atoms with Crippen molar-refractivity contribution in [1.82, 2.24) is 0 Å². The zero-order chi connectivity index (χ0) is 18.9. The summed E-state index contributed by atoms with van der Waals surface area (Å²) in [6.07, 6.45) is 11.4. The van der Waals surface area contributed by atoms with Crippen LogP contribution in [-0.4, -0.2) is 36.2 Å². The molecule has 0 heterocycles. The molecular weight excluding hydrogens is 364 g/mol. The van der Waals surface area contributed by atoms with Gasteiger partial charge in [-0.05, 0) is 43.3 Å². The van der Waals surface area contributed by atoms with Crippen LogP contribution in [0.3, 0.4) is 0 Å². The van der Waals surface area contributed by atoms with Crippen LogP contribution in [-0.2, 0) is 9.05 Å². The Bertz CT molecular complexity index is 659. The minimum Gasteiger partial charge on any atom is -0.385 e. The molecule has 1 saturated carbocycles. The number of fused-ring (bicyclic) bond motifs is 3. The normalized spacial score (nSPS) is 38.4. The van der Waals surface area contributed by atoms with Crippen LogP contribution < -0.4 is 0 Å². The highest BCUT2D eigenvalue weighted by Crippen LogP contribution is 2.59. The van der Waals surface area contributed by atoms with Gasteiger partial charge in [0.05, 0.1) is 17.8 Å². The van der Waals surface area contributed by atoms with Gasteiger partial charge >= 0.3 is 0 Å². The lowest BCUT2D eigenvalue weighted by Crippen LogP contribution is -2.50. The van der Waals surface area contributed by atoms with E-state index in [0.717, 1.165) is 48.8 Å². The van der Waals surface area contributed by atoms with Crippen LogP contribution >= 0.6 is 18.9 Å². The predicted octanol–water partition coefficient (Wildman–Crippen LogP) is 4.18. The summed E-state index contributed by atoms with van der Waals surface area (Å²) in [5.41, 5.74) is 2.48. The molecule has 0 spiro atoms. The molecule has 3 aliphatic carbocycles. The third-order valence-electron chi connectivity index (χ3n) is 6.75. The van der Waals surface area contributed by atoms with Crippen molar-refractivity contribution in [2.45, 2.75) is 63.3 Å². The van der Waals surface area contributed by atoms with Crippen molar-refractivity contribution in [1.29, 1.82) is 0 Å². The van der Waals surface area contributed by atoms with Crippen LogP contribution in [0.4, 0.5) is 0 Å². The molecule has 0 aliphatic heterocycles. The van der Waals surface area contributed by atoms with Gasteiger partial charge in [0.25, 0.3) is 0 Å². The summed E-state index contributed by atoms with van der Waals surface area (Å²) >= 11 is 0. The molecule has 6 heteroatoms. The molecule has 0 amide bonds. The minimum absolute atomic E-state index is 0.0136. The second-order valence-corrected chi connectivity index (χ2v) is 8.65. The lowest BCUT2D eigenvalue weighted by atomic mass is 9.60. The standard InChI is InChI=1S/C20H31NO3P2/c1-13-6-9-20(22)15(10-14(13)11-16(23-25)12-21-3)7-8-19(2)17(20)4-5-18(19)24-26/h7,10,12,16-18,22H,1,4-6,8-9,11,25-26H2,2-3H3/t16-,17+,18-,19-,20+/m0/s1. The summed E-state index contributed by atoms with van der Waals surface area (Å²) in [4.78, 5) is 4.09. The first kappa shape index (κ1) is 20.4. The topological polar surface area (TPSA) is 51.0 Å². The van der Waals surface area contributed by atoms with Crippen LogP contribution in [0.25, 0.3) is 0 Å². The second-order valence-electron chi connectivity index (χ2n) is 8.11. The van der Waals surface area contributed by atoms with E-state index >= 15 is 0 Å². The number of rotatable bonds is 5. The molecule has 144 valence electrons. The number of nitrogens with zero attached hydrogens (tertiary/aromatic N) is 1. The fourth-order valence-corrected chi connectivity index (χ4v) is 5.82. The number of aliphatic imine (C=N–C) groups is 1. The fourth-order valence-electron chi connectivity index (χ4n) is 5.21. The van der Waals surface area contributed by atoms with E-state index in [0.29, 0.717) is 6.42 Å². The van der Waals surface area contributed by atoms with E-state index in [9.17, 15) is 5.11 Å². The van der Waals surface area contributed by atoms with Gasteiger partial charge < -0.3 is 14.2 Å². The highest BCUT2D eigenvalue weighted by Gasteiger charge is 2.58. The predicted molar refractivity (Wildman–Crippen MR) is 113 cm³/mol. The SMILES string of the molecule is C=C1CC[C@@]2(O)C(=CC[C@]3(C)[C@@H](OP)CC[C@H]32)C=C1C[C@@H](C=NC)OP. The van der Waals surface area contributed by atoms with Gasteiger partial charge in [0.1, 0.15) is 0 Å². The van der Waals surface area contributed by atoms with Crippen LogP contribution in [0.15, 0.2) is 40.4 Å². The molecule has 4 nitrogen and oxygen atoms in total. The van der Waals surface area contributed by atoms with E-state index in [1.165, 1.54) is 0 Å². The Morgan fingerprint density at radius 1 is 1.46 bits per heavy atom. The molecule has 0 radical (unpaired) electrons. The van der Waals surface area contributed by atoms with Crippen molar-refractivity contribution >= 4 is 25.1 Å². The monoisotopic (exact) mass is 395 g/mol. The maximum atomic E-state index is 11.8. The summed E-state index contributed by atoms with van der Waals surface area (Å²) in [6.45, 7) is 6.55. The molecule has 0 aromatic heterocycles. The summed E-state index contributed by atoms with van der Waals surface area (Å²) in [7, 11) is 6.50. The summed E-state index contributed by atoms with van der Waals surface area (Å²) in [6, 6.07) is 0. The van der Waals surface area contributed by atoms with E-state index < -0.39 is 5.60 Å². The maximum absolute atomic E-state index is 11.8. The maximum Gasteiger partial charge on any atom is 0.0997 e. The van der Waals surface area contributed by atoms with Crippen LogP contribution in [0.1, 0.15) is 45.4 Å². The van der Waals surface area contributed by atoms with Crippen molar-refractivity contribution in [2.75, 3.05) is 7.05 Å². The smallest absolute Gasteiger partial charge is 0.0997 e. The van der Waals surface area contributed by atoms with Gasteiger partial charge in [-0.25, -0.2) is 0 Å². The summed E-state index contributed by atoms with van der Waals surface area (Å²) in [5, 5.41) is 11.8. The summed E-state index contributed by atoms with van der Waals surface area (Å²) in [5.74, 6) is 0.218. The number of hydrogen-bond donors (Lipinski definition) is 1. The average molecular weight is 395 g/mol. The first-order valence-electron chi connectivity index (χ1n) is 9.34. The van der Waals surface area contributed by atoms with Gasteiger partial charge in [-0.1, -0.05) is 31.2 Å². The van der Waals surface area contributed by atoms with E-state index in [4.69, 9.17) is 9.05 Å². The number of aliphatic hydroxyl groups is 1. The van der Waals surface area contributed by atoms with Crippen LogP contribution in [0.2, 0.25) is 0 Å². The molecule has 7 atom stereocenters. The third kappa shape index (κ3) is 3.40. The highest BCUT2D eigenvalue weighted by atomic mass is 31.0. The first-order valence-corrected chi connectivity index (χ1v) is 10.3. The van der Waals surface area contributed by atoms with Crippen LogP contribution in [0, 0.1) is 11.3 Å². The van der Waals surface area contributed by atoms with Gasteiger partial charge in [-0.2, -0.15) is 0 Å². The number of hydrogen-bond acceptors (Lipinski definition) is 4. The van der Waals surface area contributed by atoms with Gasteiger partial charge in [0.15, 0.2) is 0 Å². The second kappa shape index (κ2) is 7.94. The van der Waals surface area contributed by atoms with Crippen molar-refractivity contribution in [3.8, 4) is 0 Å². The molecule has 0 saturated heterocycles. The zero-order valence-corrected chi connectivity index (χ0v) is 18.1.